The molecule has 2 aromatic rings. The number of benzene rings is 1. The van der Waals surface area contributed by atoms with Crippen LogP contribution in [0.2, 0.25) is 0 Å². The van der Waals surface area contributed by atoms with Crippen molar-refractivity contribution >= 4 is 23.2 Å². The van der Waals surface area contributed by atoms with Crippen molar-refractivity contribution in [2.24, 2.45) is 5.92 Å². The van der Waals surface area contributed by atoms with E-state index in [1.54, 1.807) is 24.4 Å². The number of thiazole rings is 1. The Bertz CT molecular complexity index is 749. The van der Waals surface area contributed by atoms with Gasteiger partial charge in [0.05, 0.1) is 7.11 Å². The molecule has 0 saturated carbocycles. The number of ether oxygens (including phenoxy) is 1. The Kier molecular flexibility index (Phi) is 5.33. The van der Waals surface area contributed by atoms with Crippen LogP contribution in [0.3, 0.4) is 0 Å². The number of hydrogen-bond acceptors (Lipinski definition) is 5. The standard InChI is InChI=1S/C18H21N3O3S/c1-19-16(22)12-7-9-21(10-8-12)18(23)15-11-25-17(20-15)13-3-5-14(24-2)6-4-13/h3-6,11-12H,7-10H2,1-2H3,(H,19,22). The molecule has 0 bridgehead atoms. The summed E-state index contributed by atoms with van der Waals surface area (Å²) < 4.78 is 5.16. The number of piperidine rings is 1. The summed E-state index contributed by atoms with van der Waals surface area (Å²) in [6.07, 6.45) is 1.39. The van der Waals surface area contributed by atoms with Crippen molar-refractivity contribution in [2.45, 2.75) is 12.8 Å². The summed E-state index contributed by atoms with van der Waals surface area (Å²) in [5.74, 6) is 0.781. The molecule has 1 aliphatic heterocycles. The van der Waals surface area contributed by atoms with Crippen LogP contribution >= 0.6 is 11.3 Å². The summed E-state index contributed by atoms with van der Waals surface area (Å²) in [5.41, 5.74) is 1.43. The van der Waals surface area contributed by atoms with Crippen molar-refractivity contribution in [1.29, 1.82) is 0 Å². The Hall–Kier alpha value is -2.41. The first-order valence-electron chi connectivity index (χ1n) is 8.23. The van der Waals surface area contributed by atoms with Crippen molar-refractivity contribution < 1.29 is 14.3 Å². The molecule has 1 aromatic carbocycles. The highest BCUT2D eigenvalue weighted by Crippen LogP contribution is 2.27. The van der Waals surface area contributed by atoms with Gasteiger partial charge < -0.3 is 15.0 Å². The maximum atomic E-state index is 12.6. The summed E-state index contributed by atoms with van der Waals surface area (Å²) >= 11 is 1.45. The van der Waals surface area contributed by atoms with Crippen molar-refractivity contribution in [2.75, 3.05) is 27.2 Å². The van der Waals surface area contributed by atoms with E-state index in [1.165, 1.54) is 11.3 Å². The number of carbonyl (C=O) groups excluding carboxylic acids is 2. The van der Waals surface area contributed by atoms with Crippen LogP contribution in [0.25, 0.3) is 10.6 Å². The highest BCUT2D eigenvalue weighted by atomic mass is 32.1. The Morgan fingerprint density at radius 2 is 1.92 bits per heavy atom. The van der Waals surface area contributed by atoms with Crippen LogP contribution in [0.1, 0.15) is 23.3 Å². The van der Waals surface area contributed by atoms with Crippen molar-refractivity contribution in [3.05, 3.63) is 35.3 Å². The van der Waals surface area contributed by atoms with E-state index in [4.69, 9.17) is 4.74 Å². The van der Waals surface area contributed by atoms with E-state index in [1.807, 2.05) is 24.3 Å². The van der Waals surface area contributed by atoms with E-state index < -0.39 is 0 Å². The van der Waals surface area contributed by atoms with Crippen molar-refractivity contribution in [3.63, 3.8) is 0 Å². The topological polar surface area (TPSA) is 71.5 Å². The molecule has 6 nitrogen and oxygen atoms in total. The minimum Gasteiger partial charge on any atom is -0.497 e. The van der Waals surface area contributed by atoms with Gasteiger partial charge in [0.1, 0.15) is 16.5 Å². The number of likely N-dealkylation sites (tertiary alicyclic amines) is 1. The van der Waals surface area contributed by atoms with Gasteiger partial charge in [-0.2, -0.15) is 0 Å². The summed E-state index contributed by atoms with van der Waals surface area (Å²) in [5, 5.41) is 5.29. The lowest BCUT2D eigenvalue weighted by molar-refractivity contribution is -0.125. The quantitative estimate of drug-likeness (QED) is 0.910. The molecule has 25 heavy (non-hydrogen) atoms. The fourth-order valence-electron chi connectivity index (χ4n) is 2.95. The molecule has 1 fully saturated rings. The number of carbonyl (C=O) groups is 2. The van der Waals surface area contributed by atoms with Gasteiger partial charge in [-0.05, 0) is 37.1 Å². The fourth-order valence-corrected chi connectivity index (χ4v) is 3.75. The molecule has 3 rings (SSSR count). The summed E-state index contributed by atoms with van der Waals surface area (Å²) in [6.45, 7) is 1.18. The molecular weight excluding hydrogens is 338 g/mol. The molecule has 0 aliphatic carbocycles. The Labute approximate surface area is 150 Å². The maximum Gasteiger partial charge on any atom is 0.273 e. The molecule has 1 saturated heterocycles. The molecule has 0 unspecified atom stereocenters. The first-order valence-corrected chi connectivity index (χ1v) is 9.11. The molecule has 1 aliphatic rings. The Morgan fingerprint density at radius 3 is 2.52 bits per heavy atom. The number of nitrogens with zero attached hydrogens (tertiary/aromatic N) is 2. The Morgan fingerprint density at radius 1 is 1.24 bits per heavy atom. The van der Waals surface area contributed by atoms with Gasteiger partial charge in [-0.3, -0.25) is 9.59 Å². The van der Waals surface area contributed by atoms with Gasteiger partial charge in [-0.15, -0.1) is 11.3 Å². The average molecular weight is 359 g/mol. The van der Waals surface area contributed by atoms with Gasteiger partial charge in [-0.25, -0.2) is 4.98 Å². The summed E-state index contributed by atoms with van der Waals surface area (Å²) in [7, 11) is 3.28. The first kappa shape index (κ1) is 17.4. The second kappa shape index (κ2) is 7.65. The number of hydrogen-bond donors (Lipinski definition) is 1. The number of nitrogens with one attached hydrogen (secondary N) is 1. The second-order valence-corrected chi connectivity index (χ2v) is 6.81. The normalized spacial score (nSPS) is 15.0. The number of aromatic nitrogens is 1. The van der Waals surface area contributed by atoms with Crippen LogP contribution in [-0.4, -0.2) is 48.9 Å². The van der Waals surface area contributed by atoms with Crippen LogP contribution in [0.5, 0.6) is 5.75 Å². The number of rotatable bonds is 4. The van der Waals surface area contributed by atoms with E-state index in [-0.39, 0.29) is 17.7 Å². The molecule has 1 N–H and O–H groups in total. The zero-order chi connectivity index (χ0) is 17.8. The molecule has 2 amide bonds. The lowest BCUT2D eigenvalue weighted by atomic mass is 9.96. The first-order chi connectivity index (χ1) is 12.1. The van der Waals surface area contributed by atoms with Crippen LogP contribution in [0.4, 0.5) is 0 Å². The zero-order valence-electron chi connectivity index (χ0n) is 14.3. The average Bonchev–Trinajstić information content (AvgIpc) is 3.17. The highest BCUT2D eigenvalue weighted by Gasteiger charge is 2.28. The van der Waals surface area contributed by atoms with Crippen LogP contribution in [0, 0.1) is 5.92 Å². The van der Waals surface area contributed by atoms with Gasteiger partial charge in [0.2, 0.25) is 5.91 Å². The fraction of sp³-hybridized carbons (Fsp3) is 0.389. The van der Waals surface area contributed by atoms with E-state index in [0.29, 0.717) is 31.6 Å². The van der Waals surface area contributed by atoms with Crippen LogP contribution in [0.15, 0.2) is 29.6 Å². The third-order valence-corrected chi connectivity index (χ3v) is 5.35. The largest absolute Gasteiger partial charge is 0.497 e. The lowest BCUT2D eigenvalue weighted by Gasteiger charge is -2.30. The van der Waals surface area contributed by atoms with E-state index >= 15 is 0 Å². The smallest absolute Gasteiger partial charge is 0.273 e. The van der Waals surface area contributed by atoms with Gasteiger partial charge >= 0.3 is 0 Å². The predicted molar refractivity (Wildman–Crippen MR) is 96.8 cm³/mol. The molecule has 7 heteroatoms. The zero-order valence-corrected chi connectivity index (χ0v) is 15.1. The van der Waals surface area contributed by atoms with Gasteiger partial charge in [0.25, 0.3) is 5.91 Å². The van der Waals surface area contributed by atoms with E-state index in [2.05, 4.69) is 10.3 Å². The predicted octanol–water partition coefficient (Wildman–Crippen LogP) is 2.42. The molecule has 0 radical (unpaired) electrons. The number of amides is 2. The third-order valence-electron chi connectivity index (χ3n) is 4.46. The molecule has 0 spiro atoms. The maximum absolute atomic E-state index is 12.6. The van der Waals surface area contributed by atoms with E-state index in [0.717, 1.165) is 16.3 Å². The third kappa shape index (κ3) is 3.82. The number of methoxy groups -OCH3 is 1. The SMILES string of the molecule is CNC(=O)C1CCN(C(=O)c2csc(-c3ccc(OC)cc3)n2)CC1. The second-order valence-electron chi connectivity index (χ2n) is 5.95. The molecule has 132 valence electrons. The minimum atomic E-state index is -0.0635. The van der Waals surface area contributed by atoms with Crippen molar-refractivity contribution in [3.8, 4) is 16.3 Å². The Balaban J connectivity index is 1.66. The van der Waals surface area contributed by atoms with Gasteiger partial charge in [0, 0.05) is 37.0 Å². The molecule has 1 aromatic heterocycles. The van der Waals surface area contributed by atoms with Gasteiger partial charge in [0.15, 0.2) is 0 Å². The molecule has 2 heterocycles. The minimum absolute atomic E-state index is 0.000607. The van der Waals surface area contributed by atoms with Gasteiger partial charge in [-0.1, -0.05) is 0 Å². The van der Waals surface area contributed by atoms with E-state index in [9.17, 15) is 9.59 Å². The highest BCUT2D eigenvalue weighted by molar-refractivity contribution is 7.13. The molecule has 0 atom stereocenters. The van der Waals surface area contributed by atoms with Crippen LogP contribution < -0.4 is 10.1 Å². The molecular formula is C18H21N3O3S. The monoisotopic (exact) mass is 359 g/mol. The summed E-state index contributed by atoms with van der Waals surface area (Å²) in [6, 6.07) is 7.62. The lowest BCUT2D eigenvalue weighted by Crippen LogP contribution is -2.42. The van der Waals surface area contributed by atoms with Crippen molar-refractivity contribution in [1.82, 2.24) is 15.2 Å². The summed E-state index contributed by atoms with van der Waals surface area (Å²) in [4.78, 5) is 30.6. The van der Waals surface area contributed by atoms with Crippen LogP contribution in [-0.2, 0) is 4.79 Å².